The maximum Gasteiger partial charge on any atom is 0.143 e. The summed E-state index contributed by atoms with van der Waals surface area (Å²) in [7, 11) is 0. The van der Waals surface area contributed by atoms with Gasteiger partial charge in [0, 0.05) is 21.8 Å². The van der Waals surface area contributed by atoms with Gasteiger partial charge in [0.05, 0.1) is 22.1 Å². The molecule has 10 aromatic rings. The Kier molecular flexibility index (Phi) is 5.57. The van der Waals surface area contributed by atoms with Crippen LogP contribution >= 0.6 is 0 Å². The molecule has 47 heavy (non-hydrogen) atoms. The minimum Gasteiger partial charge on any atom is -0.456 e. The normalized spacial score (nSPS) is 11.8. The van der Waals surface area contributed by atoms with E-state index in [0.29, 0.717) is 0 Å². The van der Waals surface area contributed by atoms with Gasteiger partial charge in [0.15, 0.2) is 0 Å². The number of para-hydroxylation sites is 1. The van der Waals surface area contributed by atoms with Crippen LogP contribution < -0.4 is 4.90 Å². The summed E-state index contributed by atoms with van der Waals surface area (Å²) in [5, 5.41) is 9.10. The van der Waals surface area contributed by atoms with Crippen LogP contribution in [0.25, 0.3) is 76.5 Å². The minimum absolute atomic E-state index is 0.857. The molecule has 0 bridgehead atoms. The molecule has 2 heterocycles. The Hall–Kier alpha value is -6.32. The summed E-state index contributed by atoms with van der Waals surface area (Å²) < 4.78 is 13.0. The number of furan rings is 2. The molecule has 0 aliphatic carbocycles. The van der Waals surface area contributed by atoms with Crippen molar-refractivity contribution in [3.05, 3.63) is 164 Å². The summed E-state index contributed by atoms with van der Waals surface area (Å²) in [5.74, 6) is 0. The zero-order chi connectivity index (χ0) is 30.9. The lowest BCUT2D eigenvalue weighted by molar-refractivity contribution is 0.669. The summed E-state index contributed by atoms with van der Waals surface area (Å²) in [6.45, 7) is 0. The molecule has 0 atom stereocenters. The molecular weight excluding hydrogens is 574 g/mol. The van der Waals surface area contributed by atoms with E-state index in [9.17, 15) is 0 Å². The van der Waals surface area contributed by atoms with E-state index < -0.39 is 0 Å². The maximum atomic E-state index is 6.64. The highest BCUT2D eigenvalue weighted by Crippen LogP contribution is 2.47. The summed E-state index contributed by atoms with van der Waals surface area (Å²) in [4.78, 5) is 2.36. The van der Waals surface area contributed by atoms with Gasteiger partial charge in [-0.2, -0.15) is 0 Å². The Morgan fingerprint density at radius 3 is 1.72 bits per heavy atom. The van der Waals surface area contributed by atoms with Gasteiger partial charge in [0.2, 0.25) is 0 Å². The molecule has 0 amide bonds. The molecule has 10 rings (SSSR count). The van der Waals surface area contributed by atoms with E-state index in [-0.39, 0.29) is 0 Å². The van der Waals surface area contributed by atoms with Crippen molar-refractivity contribution < 1.29 is 8.83 Å². The molecule has 0 saturated carbocycles. The molecule has 3 heteroatoms. The Balaban J connectivity index is 1.25. The Bertz CT molecular complexity index is 2800. The Morgan fingerprint density at radius 2 is 0.936 bits per heavy atom. The van der Waals surface area contributed by atoms with Gasteiger partial charge >= 0.3 is 0 Å². The first-order chi connectivity index (χ1) is 23.3. The molecule has 0 fully saturated rings. The maximum absolute atomic E-state index is 6.64. The van der Waals surface area contributed by atoms with E-state index >= 15 is 0 Å². The number of benzene rings is 8. The quantitative estimate of drug-likeness (QED) is 0.201. The highest BCUT2D eigenvalue weighted by atomic mass is 16.3. The molecule has 0 spiro atoms. The fourth-order valence-electron chi connectivity index (χ4n) is 7.34. The van der Waals surface area contributed by atoms with Crippen LogP contribution in [-0.2, 0) is 0 Å². The smallest absolute Gasteiger partial charge is 0.143 e. The molecule has 0 N–H and O–H groups in total. The molecule has 0 aliphatic rings. The molecular formula is C44H27NO2. The standard InChI is InChI=1S/C44H27NO2/c1-3-13-32-28(10-1)12-7-16-33(32)30-22-25-31(26-23-30)45(37-17-8-20-40-42(37)35-15-5-6-19-39(35)46-40)38-18-9-21-41-43(38)36-27-24-29-11-2-4-14-34(29)44(36)47-41/h1-27H. The van der Waals surface area contributed by atoms with Crippen molar-refractivity contribution in [2.45, 2.75) is 0 Å². The van der Waals surface area contributed by atoms with Crippen LogP contribution in [0.5, 0.6) is 0 Å². The predicted molar refractivity (Wildman–Crippen MR) is 196 cm³/mol. The van der Waals surface area contributed by atoms with Crippen molar-refractivity contribution in [2.24, 2.45) is 0 Å². The van der Waals surface area contributed by atoms with Crippen LogP contribution in [0, 0.1) is 0 Å². The Labute approximate surface area is 270 Å². The average Bonchev–Trinajstić information content (AvgIpc) is 3.72. The van der Waals surface area contributed by atoms with Gasteiger partial charge in [0.25, 0.3) is 0 Å². The van der Waals surface area contributed by atoms with Crippen molar-refractivity contribution in [3.8, 4) is 11.1 Å². The molecule has 0 radical (unpaired) electrons. The number of anilines is 3. The van der Waals surface area contributed by atoms with Crippen molar-refractivity contribution in [2.75, 3.05) is 4.90 Å². The molecule has 0 unspecified atom stereocenters. The lowest BCUT2D eigenvalue weighted by atomic mass is 9.98. The molecule has 2 aromatic heterocycles. The van der Waals surface area contributed by atoms with E-state index in [0.717, 1.165) is 71.7 Å². The molecule has 0 aliphatic heterocycles. The first-order valence-corrected chi connectivity index (χ1v) is 15.9. The lowest BCUT2D eigenvalue weighted by Crippen LogP contribution is -2.10. The fraction of sp³-hybridized carbons (Fsp3) is 0. The highest BCUT2D eigenvalue weighted by Gasteiger charge is 2.23. The topological polar surface area (TPSA) is 29.5 Å². The fourth-order valence-corrected chi connectivity index (χ4v) is 7.34. The van der Waals surface area contributed by atoms with E-state index in [1.807, 2.05) is 12.1 Å². The number of hydrogen-bond donors (Lipinski definition) is 0. The van der Waals surface area contributed by atoms with Crippen molar-refractivity contribution in [1.82, 2.24) is 0 Å². The monoisotopic (exact) mass is 601 g/mol. The molecule has 8 aromatic carbocycles. The third kappa shape index (κ3) is 3.93. The van der Waals surface area contributed by atoms with Crippen LogP contribution in [0.1, 0.15) is 0 Å². The number of fused-ring (bicyclic) bond motifs is 9. The van der Waals surface area contributed by atoms with Gasteiger partial charge in [-0.15, -0.1) is 0 Å². The lowest BCUT2D eigenvalue weighted by Gasteiger charge is -2.27. The SMILES string of the molecule is c1ccc2c(-c3ccc(N(c4cccc5oc6ccccc6c45)c4cccc5oc6c7ccccc7ccc6c45)cc3)cccc2c1. The zero-order valence-electron chi connectivity index (χ0n) is 25.4. The summed E-state index contributed by atoms with van der Waals surface area (Å²) in [6.07, 6.45) is 0. The van der Waals surface area contributed by atoms with Crippen LogP contribution in [0.3, 0.4) is 0 Å². The van der Waals surface area contributed by atoms with Gasteiger partial charge in [0.1, 0.15) is 22.3 Å². The van der Waals surface area contributed by atoms with Gasteiger partial charge in [-0.25, -0.2) is 0 Å². The molecule has 0 saturated heterocycles. The van der Waals surface area contributed by atoms with Crippen LogP contribution in [0.4, 0.5) is 17.1 Å². The van der Waals surface area contributed by atoms with Crippen LogP contribution in [-0.4, -0.2) is 0 Å². The Morgan fingerprint density at radius 1 is 0.362 bits per heavy atom. The summed E-state index contributed by atoms with van der Waals surface area (Å²) >= 11 is 0. The van der Waals surface area contributed by atoms with Gasteiger partial charge in [-0.3, -0.25) is 0 Å². The molecule has 3 nitrogen and oxygen atoms in total. The largest absolute Gasteiger partial charge is 0.456 e. The van der Waals surface area contributed by atoms with Crippen LogP contribution in [0.15, 0.2) is 173 Å². The average molecular weight is 602 g/mol. The molecule has 220 valence electrons. The third-order valence-electron chi connectivity index (χ3n) is 9.45. The predicted octanol–water partition coefficient (Wildman–Crippen LogP) is 12.9. The number of nitrogens with zero attached hydrogens (tertiary/aromatic N) is 1. The van der Waals surface area contributed by atoms with Gasteiger partial charge < -0.3 is 13.7 Å². The summed E-state index contributed by atoms with van der Waals surface area (Å²) in [5.41, 5.74) is 9.04. The van der Waals surface area contributed by atoms with E-state index in [4.69, 9.17) is 8.83 Å². The van der Waals surface area contributed by atoms with E-state index in [2.05, 4.69) is 157 Å². The van der Waals surface area contributed by atoms with Gasteiger partial charge in [-0.1, -0.05) is 115 Å². The van der Waals surface area contributed by atoms with Crippen molar-refractivity contribution >= 4 is 82.5 Å². The van der Waals surface area contributed by atoms with E-state index in [1.54, 1.807) is 0 Å². The second-order valence-corrected chi connectivity index (χ2v) is 12.1. The zero-order valence-corrected chi connectivity index (χ0v) is 25.4. The number of rotatable bonds is 4. The second kappa shape index (κ2) is 10.1. The van der Waals surface area contributed by atoms with Crippen LogP contribution in [0.2, 0.25) is 0 Å². The number of hydrogen-bond acceptors (Lipinski definition) is 3. The van der Waals surface area contributed by atoms with Crippen molar-refractivity contribution in [1.29, 1.82) is 0 Å². The third-order valence-corrected chi connectivity index (χ3v) is 9.45. The minimum atomic E-state index is 0.857. The van der Waals surface area contributed by atoms with Gasteiger partial charge in [-0.05, 0) is 75.8 Å². The second-order valence-electron chi connectivity index (χ2n) is 12.1. The summed E-state index contributed by atoms with van der Waals surface area (Å²) in [6, 6.07) is 57.8. The first kappa shape index (κ1) is 26.0. The van der Waals surface area contributed by atoms with Crippen molar-refractivity contribution in [3.63, 3.8) is 0 Å². The first-order valence-electron chi connectivity index (χ1n) is 15.9. The van der Waals surface area contributed by atoms with E-state index in [1.165, 1.54) is 21.9 Å². The highest BCUT2D eigenvalue weighted by molar-refractivity contribution is 6.21.